The number of aryl methyl sites for hydroxylation is 1. The summed E-state index contributed by atoms with van der Waals surface area (Å²) in [5.41, 5.74) is 3.58. The van der Waals surface area contributed by atoms with Gasteiger partial charge < -0.3 is 0 Å². The van der Waals surface area contributed by atoms with Crippen molar-refractivity contribution in [3.63, 3.8) is 0 Å². The Balaban J connectivity index is 1.84. The molecule has 0 saturated heterocycles. The molecule has 2 nitrogen and oxygen atoms in total. The van der Waals surface area contributed by atoms with Crippen LogP contribution in [0.25, 0.3) is 11.1 Å². The van der Waals surface area contributed by atoms with E-state index in [1.807, 2.05) is 25.1 Å². The number of hydrogen-bond acceptors (Lipinski definition) is 2. The quantitative estimate of drug-likeness (QED) is 0.469. The number of hydrogen-bond donors (Lipinski definition) is 0. The number of halogens is 2. The molecule has 0 radical (unpaired) electrons. The summed E-state index contributed by atoms with van der Waals surface area (Å²) in [5.74, 6) is -2.31. The zero-order chi connectivity index (χ0) is 18.7. The number of aldehydes is 1. The predicted octanol–water partition coefficient (Wildman–Crippen LogP) is 5.18. The second-order valence-corrected chi connectivity index (χ2v) is 6.09. The lowest BCUT2D eigenvalue weighted by molar-refractivity contribution is 0.0984. The van der Waals surface area contributed by atoms with Crippen molar-refractivity contribution in [1.29, 1.82) is 0 Å². The van der Waals surface area contributed by atoms with Gasteiger partial charge >= 0.3 is 0 Å². The number of Topliss-reactive ketones (excluding diaryl/α,β-unsaturated/α-hetero) is 1. The lowest BCUT2D eigenvalue weighted by Gasteiger charge is -2.09. The molecule has 0 saturated carbocycles. The smallest absolute Gasteiger partial charge is 0.173 e. The first-order valence-electron chi connectivity index (χ1n) is 8.12. The van der Waals surface area contributed by atoms with Gasteiger partial charge in [-0.25, -0.2) is 8.78 Å². The first kappa shape index (κ1) is 17.7. The lowest BCUT2D eigenvalue weighted by Crippen LogP contribution is -2.09. The molecule has 3 aromatic carbocycles. The highest BCUT2D eigenvalue weighted by atomic mass is 19.1. The van der Waals surface area contributed by atoms with Gasteiger partial charge in [-0.3, -0.25) is 9.59 Å². The second kappa shape index (κ2) is 7.40. The Morgan fingerprint density at radius 3 is 2.23 bits per heavy atom. The van der Waals surface area contributed by atoms with Crippen LogP contribution in [0.15, 0.2) is 60.7 Å². The third-order valence-electron chi connectivity index (χ3n) is 4.27. The standard InChI is InChI=1S/C22H16F2O2/c1-14-5-6-16(13-25)11-18(14)17-9-7-15(8-10-17)12-21(26)22-19(23)3-2-4-20(22)24/h2-11,13H,12H2,1H3. The molecule has 0 aromatic heterocycles. The number of benzene rings is 3. The highest BCUT2D eigenvalue weighted by Crippen LogP contribution is 2.25. The average Bonchev–Trinajstić information content (AvgIpc) is 2.63. The zero-order valence-electron chi connectivity index (χ0n) is 14.1. The predicted molar refractivity (Wildman–Crippen MR) is 96.4 cm³/mol. The van der Waals surface area contributed by atoms with Crippen LogP contribution in [0.3, 0.4) is 0 Å². The summed E-state index contributed by atoms with van der Waals surface area (Å²) >= 11 is 0. The maximum absolute atomic E-state index is 13.7. The molecule has 0 N–H and O–H groups in total. The van der Waals surface area contributed by atoms with Gasteiger partial charge in [0.2, 0.25) is 0 Å². The van der Waals surface area contributed by atoms with Gasteiger partial charge in [-0.15, -0.1) is 0 Å². The van der Waals surface area contributed by atoms with E-state index in [0.717, 1.165) is 35.1 Å². The lowest BCUT2D eigenvalue weighted by atomic mass is 9.96. The molecule has 0 aliphatic rings. The van der Waals surface area contributed by atoms with E-state index in [1.54, 1.807) is 24.3 Å². The average molecular weight is 350 g/mol. The van der Waals surface area contributed by atoms with Crippen LogP contribution in [0.4, 0.5) is 8.78 Å². The van der Waals surface area contributed by atoms with Gasteiger partial charge in [-0.1, -0.05) is 42.5 Å². The monoisotopic (exact) mass is 350 g/mol. The molecule has 0 spiro atoms. The topological polar surface area (TPSA) is 34.1 Å². The van der Waals surface area contributed by atoms with Gasteiger partial charge in [0.1, 0.15) is 17.9 Å². The van der Waals surface area contributed by atoms with E-state index in [1.165, 1.54) is 6.07 Å². The molecule has 0 bridgehead atoms. The molecule has 0 atom stereocenters. The van der Waals surface area contributed by atoms with Crippen molar-refractivity contribution in [2.75, 3.05) is 0 Å². The molecule has 0 aliphatic heterocycles. The molecule has 0 unspecified atom stereocenters. The van der Waals surface area contributed by atoms with Crippen molar-refractivity contribution >= 4 is 12.1 Å². The second-order valence-electron chi connectivity index (χ2n) is 6.09. The minimum atomic E-state index is -0.854. The van der Waals surface area contributed by atoms with Crippen molar-refractivity contribution in [3.8, 4) is 11.1 Å². The third-order valence-corrected chi connectivity index (χ3v) is 4.27. The number of rotatable bonds is 5. The third kappa shape index (κ3) is 3.59. The Kier molecular flexibility index (Phi) is 5.03. The van der Waals surface area contributed by atoms with Crippen LogP contribution >= 0.6 is 0 Å². The molecule has 130 valence electrons. The Hall–Kier alpha value is -3.14. The molecule has 4 heteroatoms. The van der Waals surface area contributed by atoms with Crippen LogP contribution in [0, 0.1) is 18.6 Å². The molecule has 26 heavy (non-hydrogen) atoms. The van der Waals surface area contributed by atoms with E-state index >= 15 is 0 Å². The summed E-state index contributed by atoms with van der Waals surface area (Å²) in [5, 5.41) is 0. The fourth-order valence-corrected chi connectivity index (χ4v) is 2.86. The SMILES string of the molecule is Cc1ccc(C=O)cc1-c1ccc(CC(=O)c2c(F)cccc2F)cc1. The molecule has 3 rings (SSSR count). The molecular formula is C22H16F2O2. The van der Waals surface area contributed by atoms with Gasteiger partial charge in [0, 0.05) is 12.0 Å². The first-order valence-corrected chi connectivity index (χ1v) is 8.12. The molecular weight excluding hydrogens is 334 g/mol. The minimum absolute atomic E-state index is 0.0918. The molecule has 0 heterocycles. The van der Waals surface area contributed by atoms with Crippen LogP contribution in [0.2, 0.25) is 0 Å². The minimum Gasteiger partial charge on any atom is -0.298 e. The summed E-state index contributed by atoms with van der Waals surface area (Å²) in [6.07, 6.45) is 0.699. The van der Waals surface area contributed by atoms with E-state index in [9.17, 15) is 18.4 Å². The van der Waals surface area contributed by atoms with Gasteiger partial charge in [-0.05, 0) is 47.4 Å². The van der Waals surface area contributed by atoms with Gasteiger partial charge in [0.15, 0.2) is 5.78 Å². The van der Waals surface area contributed by atoms with Crippen molar-refractivity contribution in [2.24, 2.45) is 0 Å². The van der Waals surface area contributed by atoms with E-state index in [-0.39, 0.29) is 6.42 Å². The summed E-state index contributed by atoms with van der Waals surface area (Å²) in [6, 6.07) is 16.0. The van der Waals surface area contributed by atoms with Crippen LogP contribution in [-0.2, 0) is 6.42 Å². The van der Waals surface area contributed by atoms with E-state index in [2.05, 4.69) is 0 Å². The van der Waals surface area contributed by atoms with Gasteiger partial charge in [-0.2, -0.15) is 0 Å². The maximum Gasteiger partial charge on any atom is 0.173 e. The van der Waals surface area contributed by atoms with Gasteiger partial charge in [0.05, 0.1) is 5.56 Å². The zero-order valence-corrected chi connectivity index (χ0v) is 14.1. The van der Waals surface area contributed by atoms with E-state index in [4.69, 9.17) is 0 Å². The Labute approximate surface area is 150 Å². The summed E-state index contributed by atoms with van der Waals surface area (Å²) in [7, 11) is 0. The maximum atomic E-state index is 13.7. The number of carbonyl (C=O) groups is 2. The van der Waals surface area contributed by atoms with Crippen molar-refractivity contribution in [1.82, 2.24) is 0 Å². The van der Waals surface area contributed by atoms with Crippen molar-refractivity contribution < 1.29 is 18.4 Å². The highest BCUT2D eigenvalue weighted by molar-refractivity contribution is 5.98. The Morgan fingerprint density at radius 1 is 0.962 bits per heavy atom. The summed E-state index contributed by atoms with van der Waals surface area (Å²) < 4.78 is 27.4. The van der Waals surface area contributed by atoms with Crippen LogP contribution < -0.4 is 0 Å². The largest absolute Gasteiger partial charge is 0.298 e. The molecule has 0 aliphatic carbocycles. The number of ketones is 1. The fraction of sp³-hybridized carbons (Fsp3) is 0.0909. The van der Waals surface area contributed by atoms with E-state index < -0.39 is 23.0 Å². The molecule has 3 aromatic rings. The molecule has 0 amide bonds. The van der Waals surface area contributed by atoms with Crippen LogP contribution in [0.5, 0.6) is 0 Å². The Morgan fingerprint density at radius 2 is 1.62 bits per heavy atom. The van der Waals surface area contributed by atoms with Gasteiger partial charge in [0.25, 0.3) is 0 Å². The highest BCUT2D eigenvalue weighted by Gasteiger charge is 2.17. The molecule has 0 fully saturated rings. The first-order chi connectivity index (χ1) is 12.5. The summed E-state index contributed by atoms with van der Waals surface area (Å²) in [6.45, 7) is 1.95. The normalized spacial score (nSPS) is 10.6. The van der Waals surface area contributed by atoms with Crippen molar-refractivity contribution in [3.05, 3.63) is 94.6 Å². The summed E-state index contributed by atoms with van der Waals surface area (Å²) in [4.78, 5) is 23.2. The Bertz CT molecular complexity index is 956. The fourth-order valence-electron chi connectivity index (χ4n) is 2.86. The van der Waals surface area contributed by atoms with Crippen LogP contribution in [-0.4, -0.2) is 12.1 Å². The van der Waals surface area contributed by atoms with E-state index in [0.29, 0.717) is 11.1 Å². The van der Waals surface area contributed by atoms with Crippen LogP contribution in [0.1, 0.15) is 31.8 Å². The number of carbonyl (C=O) groups excluding carboxylic acids is 2. The van der Waals surface area contributed by atoms with Crippen molar-refractivity contribution in [2.45, 2.75) is 13.3 Å².